The van der Waals surface area contributed by atoms with Gasteiger partial charge in [0.25, 0.3) is 0 Å². The summed E-state index contributed by atoms with van der Waals surface area (Å²) in [5, 5.41) is 5.20. The smallest absolute Gasteiger partial charge is 0.0764 e. The van der Waals surface area contributed by atoms with Crippen LogP contribution in [-0.2, 0) is 11.8 Å². The van der Waals surface area contributed by atoms with Gasteiger partial charge in [0.1, 0.15) is 0 Å². The van der Waals surface area contributed by atoms with Crippen molar-refractivity contribution in [2.45, 2.75) is 34.0 Å². The number of benzene rings is 9. The molecule has 11 aromatic rings. The molecule has 1 spiro atoms. The van der Waals surface area contributed by atoms with Crippen molar-refractivity contribution in [1.29, 1.82) is 0 Å². The van der Waals surface area contributed by atoms with Crippen LogP contribution in [0.3, 0.4) is 0 Å². The molecule has 3 aliphatic rings. The number of hydrogen-bond acceptors (Lipinski definition) is 1. The van der Waals surface area contributed by atoms with Crippen LogP contribution in [0.15, 0.2) is 210 Å². The van der Waals surface area contributed by atoms with Crippen molar-refractivity contribution in [3.8, 4) is 22.5 Å². The quantitative estimate of drug-likeness (QED) is 0.169. The maximum Gasteiger partial charge on any atom is 0.0764 e. The molecular weight excluding hydrogens is 757 g/mol. The van der Waals surface area contributed by atoms with Gasteiger partial charge in [-0.2, -0.15) is 0 Å². The first-order valence-electron chi connectivity index (χ1n) is 21.5. The highest BCUT2D eigenvalue weighted by molar-refractivity contribution is 7.99. The number of rotatable bonds is 2. The first kappa shape index (κ1) is 33.7. The average molecular weight is 795 g/mol. The van der Waals surface area contributed by atoms with Crippen LogP contribution in [0.5, 0.6) is 0 Å². The Morgan fingerprint density at radius 2 is 1.11 bits per heavy atom. The van der Waals surface area contributed by atoms with E-state index in [2.05, 4.69) is 209 Å². The minimum Gasteiger partial charge on any atom is -0.309 e. The zero-order valence-electron chi connectivity index (χ0n) is 33.3. The summed E-state index contributed by atoms with van der Waals surface area (Å²) < 4.78 is 5.00. The molecule has 4 heterocycles. The third-order valence-corrected chi connectivity index (χ3v) is 15.3. The van der Waals surface area contributed by atoms with Crippen molar-refractivity contribution in [3.05, 3.63) is 239 Å². The average Bonchev–Trinajstić information content (AvgIpc) is 3.78. The molecule has 2 atom stereocenters. The second-order valence-electron chi connectivity index (χ2n) is 17.1. The third-order valence-electron chi connectivity index (χ3n) is 14.2. The fourth-order valence-electron chi connectivity index (χ4n) is 11.8. The zero-order chi connectivity index (χ0) is 39.8. The van der Waals surface area contributed by atoms with Gasteiger partial charge < -0.3 is 9.13 Å². The summed E-state index contributed by atoms with van der Waals surface area (Å²) in [5.74, 6) is 0.242. The minimum absolute atomic E-state index is 0.242. The molecule has 3 heteroatoms. The number of para-hydroxylation sites is 5. The number of aromatic nitrogens is 2. The van der Waals surface area contributed by atoms with Gasteiger partial charge in [-0.15, -0.1) is 0 Å². The van der Waals surface area contributed by atoms with Gasteiger partial charge in [-0.3, -0.25) is 0 Å². The largest absolute Gasteiger partial charge is 0.309 e. The lowest BCUT2D eigenvalue weighted by Gasteiger charge is -2.45. The van der Waals surface area contributed by atoms with E-state index in [1.165, 1.54) is 115 Å². The Labute approximate surface area is 358 Å². The van der Waals surface area contributed by atoms with Gasteiger partial charge in [0, 0.05) is 42.9 Å². The first-order valence-corrected chi connectivity index (χ1v) is 22.3. The van der Waals surface area contributed by atoms with Crippen LogP contribution in [0.2, 0.25) is 0 Å². The van der Waals surface area contributed by atoms with Crippen molar-refractivity contribution >= 4 is 55.4 Å². The van der Waals surface area contributed by atoms with E-state index in [0.29, 0.717) is 0 Å². The Morgan fingerprint density at radius 1 is 0.443 bits per heavy atom. The molecule has 14 rings (SSSR count). The predicted molar refractivity (Wildman–Crippen MR) is 253 cm³/mol. The highest BCUT2D eigenvalue weighted by atomic mass is 32.2. The molecule has 2 aromatic heterocycles. The lowest BCUT2D eigenvalue weighted by molar-refractivity contribution is 0.684. The molecular formula is C58H38N2S. The Kier molecular flexibility index (Phi) is 6.90. The van der Waals surface area contributed by atoms with E-state index in [9.17, 15) is 0 Å². The summed E-state index contributed by atoms with van der Waals surface area (Å²) >= 11 is 1.95. The molecule has 0 N–H and O–H groups in total. The Balaban J connectivity index is 1.00. The first-order chi connectivity index (χ1) is 30.3. The standard InChI is InChI=1S/C58H38N2S/c1-2-15-38(16-3-1)59-51-25-10-6-19-42(51)44-32-30-37(34-54(44)59)39-31-29-36-33-50-56(35-46(36)41-18-5-4-17-40(39)41)61-55-28-13-9-23-48(55)58(50)47-22-8-12-27-53(47)60-52-26-11-7-20-43(52)45-21-14-24-49(58)57(45)60/h1-28,30,32-35,39H,29,31H2. The molecule has 0 bridgehead atoms. The summed E-state index contributed by atoms with van der Waals surface area (Å²) in [5.41, 5.74) is 19.5. The van der Waals surface area contributed by atoms with Crippen LogP contribution >= 0.6 is 11.8 Å². The zero-order valence-corrected chi connectivity index (χ0v) is 34.2. The predicted octanol–water partition coefficient (Wildman–Crippen LogP) is 14.8. The van der Waals surface area contributed by atoms with Crippen LogP contribution in [0.25, 0.3) is 66.1 Å². The van der Waals surface area contributed by atoms with E-state index in [-0.39, 0.29) is 5.92 Å². The highest BCUT2D eigenvalue weighted by Crippen LogP contribution is 2.61. The van der Waals surface area contributed by atoms with Gasteiger partial charge in [0.05, 0.1) is 33.2 Å². The third kappa shape index (κ3) is 4.44. The molecule has 61 heavy (non-hydrogen) atoms. The SMILES string of the molecule is c1ccc(-n2c3ccccc3c3ccc(C4CCc5cc6c(cc5-c5ccccc54)Sc4ccccc4C64c5ccccc5-n5c6ccccc6c6cccc4c65)cc32)cc1. The Hall–Kier alpha value is -7.07. The second kappa shape index (κ2) is 12.5. The summed E-state index contributed by atoms with van der Waals surface area (Å²) in [6.07, 6.45) is 2.01. The van der Waals surface area contributed by atoms with Crippen LogP contribution in [0.4, 0.5) is 0 Å². The van der Waals surface area contributed by atoms with Crippen LogP contribution in [0, 0.1) is 0 Å². The molecule has 2 nitrogen and oxygen atoms in total. The molecule has 286 valence electrons. The van der Waals surface area contributed by atoms with E-state index in [4.69, 9.17) is 0 Å². The van der Waals surface area contributed by atoms with Crippen molar-refractivity contribution in [2.24, 2.45) is 0 Å². The number of aryl methyl sites for hydroxylation is 1. The minimum atomic E-state index is -0.492. The molecule has 0 radical (unpaired) electrons. The van der Waals surface area contributed by atoms with Crippen molar-refractivity contribution in [2.75, 3.05) is 0 Å². The molecule has 2 unspecified atom stereocenters. The van der Waals surface area contributed by atoms with E-state index >= 15 is 0 Å². The van der Waals surface area contributed by atoms with Gasteiger partial charge in [0.2, 0.25) is 0 Å². The lowest BCUT2D eigenvalue weighted by atomic mass is 9.62. The lowest BCUT2D eigenvalue weighted by Crippen LogP contribution is -2.38. The van der Waals surface area contributed by atoms with Crippen molar-refractivity contribution < 1.29 is 0 Å². The van der Waals surface area contributed by atoms with Crippen LogP contribution < -0.4 is 0 Å². The molecule has 1 aliphatic carbocycles. The molecule has 0 amide bonds. The Morgan fingerprint density at radius 3 is 2.00 bits per heavy atom. The van der Waals surface area contributed by atoms with E-state index in [1.807, 2.05) is 11.8 Å². The molecule has 0 saturated heterocycles. The van der Waals surface area contributed by atoms with Gasteiger partial charge in [0.15, 0.2) is 0 Å². The fourth-order valence-corrected chi connectivity index (χ4v) is 13.0. The fraction of sp³-hybridized carbons (Fsp3) is 0.0690. The van der Waals surface area contributed by atoms with Gasteiger partial charge in [-0.1, -0.05) is 163 Å². The Bertz CT molecular complexity index is 3650. The maximum absolute atomic E-state index is 2.64. The highest BCUT2D eigenvalue weighted by Gasteiger charge is 2.49. The number of fused-ring (bicyclic) bond motifs is 17. The molecule has 0 saturated carbocycles. The normalized spacial score (nSPS) is 17.2. The van der Waals surface area contributed by atoms with Gasteiger partial charge >= 0.3 is 0 Å². The number of hydrogen-bond donors (Lipinski definition) is 0. The van der Waals surface area contributed by atoms with Crippen LogP contribution in [-0.4, -0.2) is 9.13 Å². The van der Waals surface area contributed by atoms with E-state index in [0.717, 1.165) is 12.8 Å². The molecule has 9 aromatic carbocycles. The van der Waals surface area contributed by atoms with Crippen molar-refractivity contribution in [1.82, 2.24) is 9.13 Å². The number of nitrogens with zero attached hydrogens (tertiary/aromatic N) is 2. The monoisotopic (exact) mass is 794 g/mol. The summed E-state index contributed by atoms with van der Waals surface area (Å²) in [6.45, 7) is 0. The summed E-state index contributed by atoms with van der Waals surface area (Å²) in [4.78, 5) is 2.67. The molecule has 0 fully saturated rings. The molecule has 2 aliphatic heterocycles. The summed E-state index contributed by atoms with van der Waals surface area (Å²) in [6, 6.07) is 75.9. The van der Waals surface area contributed by atoms with E-state index in [1.54, 1.807) is 0 Å². The summed E-state index contributed by atoms with van der Waals surface area (Å²) in [7, 11) is 0. The van der Waals surface area contributed by atoms with E-state index < -0.39 is 5.41 Å². The maximum atomic E-state index is 2.64. The van der Waals surface area contributed by atoms with Gasteiger partial charge in [-0.25, -0.2) is 0 Å². The van der Waals surface area contributed by atoms with Gasteiger partial charge in [-0.05, 0) is 111 Å². The topological polar surface area (TPSA) is 9.86 Å². The van der Waals surface area contributed by atoms with Crippen LogP contribution in [0.1, 0.15) is 51.3 Å². The second-order valence-corrected chi connectivity index (χ2v) is 18.2. The van der Waals surface area contributed by atoms with Crippen molar-refractivity contribution in [3.63, 3.8) is 0 Å².